The number of ether oxygens (including phenoxy) is 9. The van der Waals surface area contributed by atoms with Crippen molar-refractivity contribution >= 4 is 55.7 Å². The first-order chi connectivity index (χ1) is 41.7. The van der Waals surface area contributed by atoms with Crippen molar-refractivity contribution in [3.05, 3.63) is 103 Å². The number of aryl methyl sites for hydroxylation is 2. The van der Waals surface area contributed by atoms with Crippen LogP contribution in [-0.4, -0.2) is 164 Å². The highest BCUT2D eigenvalue weighted by molar-refractivity contribution is 8.20. The largest absolute Gasteiger partial charge is 0.507 e. The lowest BCUT2D eigenvalue weighted by atomic mass is 9.71. The maximum atomic E-state index is 11.4. The van der Waals surface area contributed by atoms with Crippen LogP contribution in [0, 0.1) is 64.2 Å². The molecule has 0 aromatic heterocycles. The van der Waals surface area contributed by atoms with Crippen molar-refractivity contribution < 1.29 is 58.0 Å². The summed E-state index contributed by atoms with van der Waals surface area (Å²) in [5.41, 5.74) is 13.9. The average molecular weight is 1220 g/mol. The Morgan fingerprint density at radius 2 is 1.10 bits per heavy atom. The number of hydrogen-bond donors (Lipinski definition) is 5. The Hall–Kier alpha value is -4.63. The number of aromatic hydroxyl groups is 1. The van der Waals surface area contributed by atoms with Crippen LogP contribution in [0.15, 0.2) is 24.8 Å². The van der Waals surface area contributed by atoms with Crippen molar-refractivity contribution in [1.82, 2.24) is 19.6 Å². The molecular formula is C59H78B2N6O12P2S2. The molecule has 8 aliphatic heterocycles. The Kier molecular flexibility index (Phi) is 18.4. The number of aliphatic hydroxyl groups is 2. The van der Waals surface area contributed by atoms with E-state index in [0.29, 0.717) is 60.9 Å². The summed E-state index contributed by atoms with van der Waals surface area (Å²) in [5, 5.41) is 42.7. The number of likely N-dealkylation sites (N-methyl/N-ethyl adjacent to an activating group) is 2. The first-order valence-electron chi connectivity index (χ1n) is 29.6. The molecule has 4 bridgehead atoms. The fourth-order valence-electron chi connectivity index (χ4n) is 14.6. The Labute approximate surface area is 510 Å². The summed E-state index contributed by atoms with van der Waals surface area (Å²) in [7, 11) is 11.8. The molecular weight excluding hydrogens is 1130 g/mol. The molecule has 12 rings (SSSR count). The van der Waals surface area contributed by atoms with Gasteiger partial charge in [0.1, 0.15) is 41.7 Å². The molecule has 444 valence electrons. The number of rotatable bonds is 13. The van der Waals surface area contributed by atoms with Crippen LogP contribution in [0.1, 0.15) is 102 Å². The minimum atomic E-state index is -0.469. The summed E-state index contributed by atoms with van der Waals surface area (Å²) in [6, 6.07) is 7.25. The Bertz CT molecular complexity index is 3330. The normalized spacial score (nSPS) is 26.1. The van der Waals surface area contributed by atoms with Gasteiger partial charge in [0.05, 0.1) is 49.5 Å². The van der Waals surface area contributed by atoms with Crippen LogP contribution in [0.2, 0.25) is 0 Å². The van der Waals surface area contributed by atoms with Gasteiger partial charge in [-0.05, 0) is 117 Å². The molecule has 0 aliphatic carbocycles. The fraction of sp³-hybridized carbons (Fsp3) is 0.525. The predicted molar refractivity (Wildman–Crippen MR) is 334 cm³/mol. The molecule has 0 radical (unpaired) electrons. The molecule has 8 aliphatic rings. The van der Waals surface area contributed by atoms with Crippen molar-refractivity contribution in [2.45, 2.75) is 128 Å². The molecule has 18 nitrogen and oxygen atoms in total. The number of fused-ring (bicyclic) bond motifs is 18. The summed E-state index contributed by atoms with van der Waals surface area (Å²) in [4.78, 5) is 9.10. The van der Waals surface area contributed by atoms with Gasteiger partial charge in [0, 0.05) is 82.9 Å². The van der Waals surface area contributed by atoms with E-state index in [2.05, 4.69) is 135 Å². The first kappa shape index (κ1) is 57.4. The number of phenols is 1. The van der Waals surface area contributed by atoms with Crippen LogP contribution in [0.25, 0.3) is 0 Å². The maximum Gasteiger partial charge on any atom is 0.231 e. The third-order valence-electron chi connectivity index (χ3n) is 18.1. The second kappa shape index (κ2) is 26.5. The van der Waals surface area contributed by atoms with Gasteiger partial charge in [-0.25, -0.2) is 25.0 Å². The number of phenolic OH excluding ortho intramolecular Hbond substituents is 1. The third-order valence-corrected chi connectivity index (χ3v) is 18.1. The zero-order valence-corrected chi connectivity index (χ0v) is 52.9. The number of methoxy groups -OCH3 is 2. The van der Waals surface area contributed by atoms with Gasteiger partial charge in [0.2, 0.25) is 28.9 Å². The Morgan fingerprint density at radius 3 is 1.52 bits per heavy atom. The molecule has 4 unspecified atom stereocenters. The number of thiol groups is 2. The van der Waals surface area contributed by atoms with E-state index in [1.54, 1.807) is 20.3 Å². The summed E-state index contributed by atoms with van der Waals surface area (Å²) in [5.74, 6) is 4.96. The summed E-state index contributed by atoms with van der Waals surface area (Å²) in [6.45, 7) is 16.9. The lowest BCUT2D eigenvalue weighted by Gasteiger charge is -2.60. The Morgan fingerprint density at radius 1 is 0.675 bits per heavy atom. The van der Waals surface area contributed by atoms with Crippen LogP contribution >= 0.6 is 43.2 Å². The number of nitrogens with zero attached hydrogens (tertiary/aromatic N) is 6. The number of hydrogen-bond acceptors (Lipinski definition) is 20. The molecule has 2 fully saturated rings. The molecule has 4 aromatic rings. The smallest absolute Gasteiger partial charge is 0.231 e. The number of benzene rings is 4. The van der Waals surface area contributed by atoms with Crippen LogP contribution in [-0.2, 0) is 35.2 Å². The Balaban J connectivity index is 0.000000185. The molecule has 0 amide bonds. The monoisotopic (exact) mass is 1220 g/mol. The van der Waals surface area contributed by atoms with Gasteiger partial charge >= 0.3 is 0 Å². The van der Waals surface area contributed by atoms with E-state index in [9.17, 15) is 15.6 Å². The second-order valence-corrected chi connectivity index (χ2v) is 24.4. The number of nitriles is 2. The molecule has 8 heterocycles. The zero-order valence-electron chi connectivity index (χ0n) is 52.8. The molecule has 24 heteroatoms. The topological polar surface area (TPSA) is 204 Å². The van der Waals surface area contributed by atoms with E-state index < -0.39 is 24.2 Å². The quantitative estimate of drug-likeness (QED) is 0.0316. The van der Waals surface area contributed by atoms with Gasteiger partial charge < -0.3 is 58.0 Å². The molecule has 12 atom stereocenters. The number of aliphatic hydroxyl groups excluding tert-OH is 2. The SMILES string of the molecule is [2H]B(P)S.[2H]B(P)S.[3H]OC[C@H]1c2c(c(O)c(C)c3c2OCO3)CC2[C@H]3c4c(cc(C)c(C)c4OCOC)C[C@@H]([C@H](C#N)N21)N3C.[3H]OC[C@H]1c2c(c(OCC=C)c(C)c3c2OCO3)CC2[C@H]3c4c(cc(C)c(C)c4OCOC)C[C@@H]([C@H](C#N)N21)N3C. The zero-order chi connectivity index (χ0) is 63.0. The van der Waals surface area contributed by atoms with Gasteiger partial charge in [0.25, 0.3) is 0 Å². The standard InChI is InChI=1S/C31H37N3O6.C28H33N3O6.2BH4PS/c1-7-8-37-28-18(4)30-31(40-15-39-30)26-20(28)11-22-27-25-19(9-16(2)17(3)29(25)38-14-36-6)10-21(33(27)5)23(12-32)34(22)24(26)13-35;1-13-6-16-7-18-20(9-29)31-19(24(30(18)4)22(16)26(14(13)2)35-11-34-5)8-17-23(21(31)10-32)28-27(36-12-37-28)15(3)25(17)33;2*2-1-3/h7,9,21-24,27,35H,1,8,10-11,13-15H2,2-6H3;6,18-21,24,32-33H,7-8,10-12H2,1-5H3;2*1,3H,2H2/t21-,22?,23-,24-,27-;18-,19?,20-,21-,24-;;/m00../s1/i35T;32T;2*1D. The van der Waals surface area contributed by atoms with E-state index in [1.165, 1.54) is 11.1 Å². The van der Waals surface area contributed by atoms with Gasteiger partial charge in [-0.1, -0.05) is 24.8 Å². The van der Waals surface area contributed by atoms with Crippen molar-refractivity contribution in [1.29, 1.82) is 16.1 Å². The van der Waals surface area contributed by atoms with Crippen molar-refractivity contribution in [2.24, 2.45) is 0 Å². The maximum absolute atomic E-state index is 11.4. The molecule has 0 saturated carbocycles. The minimum Gasteiger partial charge on any atom is -0.507 e. The molecule has 2 saturated heterocycles. The van der Waals surface area contributed by atoms with Crippen molar-refractivity contribution in [3.63, 3.8) is 0 Å². The number of piperazine rings is 2. The molecule has 0 spiro atoms. The molecule has 3 N–H and O–H groups in total. The highest BCUT2D eigenvalue weighted by atomic mass is 32.1. The first-order valence-corrected chi connectivity index (χ1v) is 30.0. The van der Waals surface area contributed by atoms with Crippen molar-refractivity contribution in [2.75, 3.05) is 75.3 Å². The average Bonchev–Trinajstić information content (AvgIpc) is 1.91. The van der Waals surface area contributed by atoms with Gasteiger partial charge in [-0.15, -0.1) is 0 Å². The van der Waals surface area contributed by atoms with Gasteiger partial charge in [-0.3, -0.25) is 19.6 Å². The molecule has 83 heavy (non-hydrogen) atoms. The molecule has 4 aromatic carbocycles. The summed E-state index contributed by atoms with van der Waals surface area (Å²) >= 11 is 7.19. The van der Waals surface area contributed by atoms with Crippen molar-refractivity contribution in [3.8, 4) is 58.1 Å². The highest BCUT2D eigenvalue weighted by Crippen LogP contribution is 2.60. The van der Waals surface area contributed by atoms with Crippen LogP contribution in [0.3, 0.4) is 0 Å². The van der Waals surface area contributed by atoms with E-state index >= 15 is 0 Å². The minimum absolute atomic E-state index is 0.0238. The van der Waals surface area contributed by atoms with Crippen LogP contribution in [0.4, 0.5) is 0 Å². The fourth-order valence-corrected chi connectivity index (χ4v) is 14.6. The van der Waals surface area contributed by atoms with Crippen LogP contribution in [0.5, 0.6) is 46.0 Å². The highest BCUT2D eigenvalue weighted by Gasteiger charge is 2.59. The van der Waals surface area contributed by atoms with E-state index in [0.717, 1.165) is 78.4 Å². The van der Waals surface area contributed by atoms with E-state index in [-0.39, 0.29) is 94.9 Å². The van der Waals surface area contributed by atoms with Gasteiger partial charge in [0.15, 0.2) is 36.6 Å². The van der Waals surface area contributed by atoms with E-state index in [1.807, 2.05) is 13.8 Å². The summed E-state index contributed by atoms with van der Waals surface area (Å²) in [6.07, 6.45) is 3.59. The lowest BCUT2D eigenvalue weighted by molar-refractivity contribution is -0.0831. The van der Waals surface area contributed by atoms with Gasteiger partial charge in [-0.2, -0.15) is 28.8 Å². The predicted octanol–water partition coefficient (Wildman–Crippen LogP) is 6.56. The van der Waals surface area contributed by atoms with Crippen LogP contribution < -0.4 is 33.2 Å². The third kappa shape index (κ3) is 10.6. The van der Waals surface area contributed by atoms with E-state index in [4.69, 9.17) is 58.4 Å². The lowest BCUT2D eigenvalue weighted by Crippen LogP contribution is -2.68. The summed E-state index contributed by atoms with van der Waals surface area (Å²) < 4.78 is 81.3. The second-order valence-electron chi connectivity index (χ2n) is 22.0.